The summed E-state index contributed by atoms with van der Waals surface area (Å²) in [7, 11) is 0. The lowest BCUT2D eigenvalue weighted by Crippen LogP contribution is -2.47. The molecular formula is C32H35Cl2N11O4. The van der Waals surface area contributed by atoms with Crippen molar-refractivity contribution in [3.63, 3.8) is 0 Å². The van der Waals surface area contributed by atoms with Gasteiger partial charge in [-0.2, -0.15) is 5.10 Å². The number of hydrogen-bond donors (Lipinski definition) is 0. The summed E-state index contributed by atoms with van der Waals surface area (Å²) in [5.41, 5.74) is 2.36. The fourth-order valence-corrected chi connectivity index (χ4v) is 6.47. The molecule has 2 aliphatic rings. The number of aromatic nitrogens is 9. The molecule has 0 N–H and O–H groups in total. The Morgan fingerprint density at radius 3 is 2.43 bits per heavy atom. The summed E-state index contributed by atoms with van der Waals surface area (Å²) in [5.74, 6) is -0.0763. The quantitative estimate of drug-likeness (QED) is 0.197. The summed E-state index contributed by atoms with van der Waals surface area (Å²) in [4.78, 5) is 26.4. The van der Waals surface area contributed by atoms with Gasteiger partial charge in [-0.15, -0.1) is 5.10 Å². The number of piperazine rings is 1. The molecule has 0 spiro atoms. The van der Waals surface area contributed by atoms with Gasteiger partial charge in [0.25, 0.3) is 0 Å². The van der Waals surface area contributed by atoms with Crippen LogP contribution in [0.3, 0.4) is 0 Å². The number of benzene rings is 2. The van der Waals surface area contributed by atoms with Crippen LogP contribution in [0.2, 0.25) is 10.0 Å². The molecule has 5 heterocycles. The van der Waals surface area contributed by atoms with Crippen LogP contribution in [-0.4, -0.2) is 90.0 Å². The summed E-state index contributed by atoms with van der Waals surface area (Å²) in [5, 5.41) is 16.6. The fraction of sp³-hybridized carbons (Fsp3) is 0.406. The molecule has 256 valence electrons. The van der Waals surface area contributed by atoms with E-state index in [0.29, 0.717) is 27.3 Å². The molecule has 0 bridgehead atoms. The molecule has 7 rings (SSSR count). The van der Waals surface area contributed by atoms with Crippen molar-refractivity contribution in [1.29, 1.82) is 0 Å². The fourth-order valence-electron chi connectivity index (χ4n) is 5.91. The second-order valence-electron chi connectivity index (χ2n) is 11.9. The number of nitrogens with zero attached hydrogens (tertiary/aromatic N) is 11. The highest BCUT2D eigenvalue weighted by Crippen LogP contribution is 2.40. The highest BCUT2D eigenvalue weighted by Gasteiger charge is 2.46. The van der Waals surface area contributed by atoms with Crippen molar-refractivity contribution in [3.8, 4) is 11.4 Å². The molecule has 2 aromatic carbocycles. The topological polar surface area (TPSA) is 143 Å². The molecule has 2 fully saturated rings. The first-order valence-electron chi connectivity index (χ1n) is 16.0. The Bertz CT molecular complexity index is 1910. The molecule has 0 radical (unpaired) electrons. The molecule has 49 heavy (non-hydrogen) atoms. The first kappa shape index (κ1) is 33.0. The zero-order chi connectivity index (χ0) is 34.0. The number of tetrazole rings is 1. The van der Waals surface area contributed by atoms with Gasteiger partial charge in [0.1, 0.15) is 31.9 Å². The van der Waals surface area contributed by atoms with E-state index in [4.69, 9.17) is 37.4 Å². The third-order valence-corrected chi connectivity index (χ3v) is 9.32. The number of anilines is 2. The predicted molar refractivity (Wildman–Crippen MR) is 182 cm³/mol. The first-order valence-corrected chi connectivity index (χ1v) is 16.8. The van der Waals surface area contributed by atoms with Gasteiger partial charge >= 0.3 is 5.69 Å². The minimum Gasteiger partial charge on any atom is -0.488 e. The molecule has 3 aromatic heterocycles. The van der Waals surface area contributed by atoms with Gasteiger partial charge in [0.05, 0.1) is 35.8 Å². The van der Waals surface area contributed by atoms with E-state index >= 15 is 0 Å². The van der Waals surface area contributed by atoms with E-state index in [-0.39, 0.29) is 31.5 Å². The smallest absolute Gasteiger partial charge is 0.350 e. The van der Waals surface area contributed by atoms with Crippen LogP contribution in [-0.2, 0) is 21.8 Å². The number of halogens is 2. The second-order valence-corrected chi connectivity index (χ2v) is 12.8. The summed E-state index contributed by atoms with van der Waals surface area (Å²) in [6.45, 7) is 7.79. The molecule has 15 nitrogen and oxygen atoms in total. The maximum atomic E-state index is 12.8. The van der Waals surface area contributed by atoms with E-state index in [1.807, 2.05) is 38.1 Å². The highest BCUT2D eigenvalue weighted by molar-refractivity contribution is 6.35. The molecule has 17 heteroatoms. The maximum absolute atomic E-state index is 12.8. The zero-order valence-corrected chi connectivity index (χ0v) is 28.5. The lowest BCUT2D eigenvalue weighted by molar-refractivity contribution is -0.190. The van der Waals surface area contributed by atoms with Crippen molar-refractivity contribution >= 4 is 34.8 Å². The van der Waals surface area contributed by atoms with Crippen molar-refractivity contribution in [2.75, 3.05) is 49.2 Å². The predicted octanol–water partition coefficient (Wildman–Crippen LogP) is 3.76. The van der Waals surface area contributed by atoms with Crippen molar-refractivity contribution in [3.05, 3.63) is 93.6 Å². The normalized spacial score (nSPS) is 20.1. The van der Waals surface area contributed by atoms with Gasteiger partial charge in [-0.1, -0.05) is 36.2 Å². The van der Waals surface area contributed by atoms with Gasteiger partial charge < -0.3 is 24.0 Å². The minimum absolute atomic E-state index is 0.0527. The lowest BCUT2D eigenvalue weighted by atomic mass is 10.1. The molecular weight excluding hydrogens is 673 g/mol. The molecule has 2 saturated heterocycles. The SMILES string of the molecule is CCC(C)n1ncn(-c2ccc(N3CCN(c4ncc(OC[C@@H]5CO[C@@](Cn6cnnn6)(c6ccc(Cl)cc6Cl)O5)cn4)CC3)cc2)c1=O. The lowest BCUT2D eigenvalue weighted by Gasteiger charge is -2.36. The monoisotopic (exact) mass is 707 g/mol. The third kappa shape index (κ3) is 6.97. The summed E-state index contributed by atoms with van der Waals surface area (Å²) < 4.78 is 23.2. The van der Waals surface area contributed by atoms with Gasteiger partial charge in [0.2, 0.25) is 11.7 Å². The highest BCUT2D eigenvalue weighted by atomic mass is 35.5. The molecule has 1 unspecified atom stereocenters. The van der Waals surface area contributed by atoms with Crippen LogP contribution >= 0.6 is 23.2 Å². The summed E-state index contributed by atoms with van der Waals surface area (Å²) >= 11 is 12.7. The van der Waals surface area contributed by atoms with Crippen LogP contribution in [0.1, 0.15) is 31.9 Å². The average Bonchev–Trinajstić information content (AvgIpc) is 3.88. The Morgan fingerprint density at radius 2 is 1.73 bits per heavy atom. The van der Waals surface area contributed by atoms with Crippen molar-refractivity contribution in [2.24, 2.45) is 0 Å². The minimum atomic E-state index is -1.23. The number of hydrogen-bond acceptors (Lipinski definition) is 12. The number of ether oxygens (including phenoxy) is 3. The molecule has 2 aliphatic heterocycles. The summed E-state index contributed by atoms with van der Waals surface area (Å²) in [6, 6.07) is 13.2. The van der Waals surface area contributed by atoms with E-state index in [9.17, 15) is 4.79 Å². The molecule has 0 aliphatic carbocycles. The van der Waals surface area contributed by atoms with Crippen LogP contribution in [0.5, 0.6) is 5.75 Å². The zero-order valence-electron chi connectivity index (χ0n) is 27.0. The van der Waals surface area contributed by atoms with Gasteiger partial charge in [0.15, 0.2) is 5.75 Å². The van der Waals surface area contributed by atoms with Crippen LogP contribution < -0.4 is 20.2 Å². The van der Waals surface area contributed by atoms with Crippen molar-refractivity contribution in [2.45, 2.75) is 44.7 Å². The Hall–Kier alpha value is -4.57. The molecule has 0 saturated carbocycles. The number of rotatable bonds is 11. The summed E-state index contributed by atoms with van der Waals surface area (Å²) in [6.07, 6.45) is 6.82. The Morgan fingerprint density at radius 1 is 1.00 bits per heavy atom. The van der Waals surface area contributed by atoms with Gasteiger partial charge in [-0.25, -0.2) is 28.7 Å². The van der Waals surface area contributed by atoms with E-state index in [1.165, 1.54) is 15.7 Å². The maximum Gasteiger partial charge on any atom is 0.350 e. The second kappa shape index (κ2) is 14.1. The van der Waals surface area contributed by atoms with Gasteiger partial charge in [-0.05, 0) is 60.2 Å². The molecule has 3 atom stereocenters. The van der Waals surface area contributed by atoms with Gasteiger partial charge in [0, 0.05) is 42.5 Å². The largest absolute Gasteiger partial charge is 0.488 e. The van der Waals surface area contributed by atoms with Gasteiger partial charge in [-0.3, -0.25) is 0 Å². The van der Waals surface area contributed by atoms with E-state index in [0.717, 1.165) is 44.0 Å². The standard InChI is InChI=1S/C32H35Cl2N11O4/c1-3-22(2)45-31(46)44(21-38-45)25-7-5-24(6-8-25)41-10-12-42(13-11-41)30-35-15-26(16-36-30)47-17-27-18-48-32(49-27,19-43-20-37-39-40-43)28-9-4-23(33)14-29(28)34/h4-9,14-16,20-22,27H,3,10-13,17-19H2,1-2H3/t22?,27-,32-/m1/s1. The van der Waals surface area contributed by atoms with Crippen LogP contribution in [0.4, 0.5) is 11.6 Å². The Kier molecular flexibility index (Phi) is 9.49. The third-order valence-electron chi connectivity index (χ3n) is 8.77. The van der Waals surface area contributed by atoms with Crippen LogP contribution in [0.25, 0.3) is 5.69 Å². The average molecular weight is 709 g/mol. The first-order chi connectivity index (χ1) is 23.8. The molecule has 5 aromatic rings. The Balaban J connectivity index is 0.925. The van der Waals surface area contributed by atoms with E-state index < -0.39 is 11.9 Å². The van der Waals surface area contributed by atoms with Crippen LogP contribution in [0, 0.1) is 0 Å². The van der Waals surface area contributed by atoms with Crippen molar-refractivity contribution in [1.82, 2.24) is 44.5 Å². The van der Waals surface area contributed by atoms with Crippen LogP contribution in [0.15, 0.2) is 72.3 Å². The van der Waals surface area contributed by atoms with E-state index in [2.05, 4.69) is 40.4 Å². The van der Waals surface area contributed by atoms with E-state index in [1.54, 1.807) is 41.5 Å². The van der Waals surface area contributed by atoms with Crippen molar-refractivity contribution < 1.29 is 14.2 Å². The molecule has 0 amide bonds. The Labute approximate surface area is 291 Å².